The highest BCUT2D eigenvalue weighted by atomic mass is 16.5. The zero-order valence-electron chi connectivity index (χ0n) is 17.7. The van der Waals surface area contributed by atoms with Crippen LogP contribution in [-0.4, -0.2) is 14.2 Å². The Hall–Kier alpha value is -3.52. The van der Waals surface area contributed by atoms with Crippen LogP contribution in [0, 0.1) is 13.8 Å². The fourth-order valence-corrected chi connectivity index (χ4v) is 4.45. The summed E-state index contributed by atoms with van der Waals surface area (Å²) in [6.07, 6.45) is 0. The van der Waals surface area contributed by atoms with E-state index in [-0.39, 0.29) is 0 Å². The molecule has 0 amide bonds. The molecule has 0 fully saturated rings. The molecule has 1 aliphatic rings. The molecule has 0 N–H and O–H groups in total. The molecule has 0 spiro atoms. The van der Waals surface area contributed by atoms with Gasteiger partial charge in [0.2, 0.25) is 0 Å². The molecule has 0 saturated heterocycles. The number of hydrogen-bond acceptors (Lipinski definition) is 2. The lowest BCUT2D eigenvalue weighted by Crippen LogP contribution is -1.99. The van der Waals surface area contributed by atoms with Gasteiger partial charge in [0.05, 0.1) is 14.2 Å². The summed E-state index contributed by atoms with van der Waals surface area (Å²) >= 11 is 0. The van der Waals surface area contributed by atoms with Crippen molar-refractivity contribution >= 4 is 0 Å². The predicted octanol–water partition coefficient (Wildman–Crippen LogP) is 7.30. The Labute approximate surface area is 177 Å². The van der Waals surface area contributed by atoms with Crippen LogP contribution in [0.3, 0.4) is 0 Å². The summed E-state index contributed by atoms with van der Waals surface area (Å²) in [6.45, 7) is 4.30. The normalized spacial score (nSPS) is 11.3. The van der Waals surface area contributed by atoms with Crippen molar-refractivity contribution in [2.24, 2.45) is 0 Å². The van der Waals surface area contributed by atoms with E-state index in [1.165, 1.54) is 55.6 Å². The first-order valence-corrected chi connectivity index (χ1v) is 10.2. The fraction of sp³-hybridized carbons (Fsp3) is 0.143. The molecule has 1 aliphatic carbocycles. The number of rotatable bonds is 2. The average Bonchev–Trinajstić information content (AvgIpc) is 2.77. The Morgan fingerprint density at radius 2 is 0.733 bits per heavy atom. The Bertz CT molecular complexity index is 1180. The summed E-state index contributed by atoms with van der Waals surface area (Å²) in [5.74, 6) is 1.72. The van der Waals surface area contributed by atoms with Crippen LogP contribution in [0.25, 0.3) is 44.5 Å². The van der Waals surface area contributed by atoms with E-state index >= 15 is 0 Å². The largest absolute Gasteiger partial charge is 0.497 e. The van der Waals surface area contributed by atoms with Crippen LogP contribution in [0.2, 0.25) is 0 Å². The maximum absolute atomic E-state index is 5.58. The van der Waals surface area contributed by atoms with E-state index in [9.17, 15) is 0 Å². The van der Waals surface area contributed by atoms with Gasteiger partial charge >= 0.3 is 0 Å². The quantitative estimate of drug-likeness (QED) is 0.314. The van der Waals surface area contributed by atoms with Crippen LogP contribution >= 0.6 is 0 Å². The van der Waals surface area contributed by atoms with Crippen molar-refractivity contribution in [2.45, 2.75) is 13.8 Å². The van der Waals surface area contributed by atoms with Crippen LogP contribution in [0.5, 0.6) is 11.5 Å². The lowest BCUT2D eigenvalue weighted by atomic mass is 9.80. The summed E-state index contributed by atoms with van der Waals surface area (Å²) in [5.41, 5.74) is 12.2. The molecule has 4 aromatic carbocycles. The van der Waals surface area contributed by atoms with Gasteiger partial charge < -0.3 is 9.47 Å². The first kappa shape index (κ1) is 18.5. The minimum absolute atomic E-state index is 0.861. The molecule has 4 aromatic rings. The molecule has 0 radical (unpaired) electrons. The van der Waals surface area contributed by atoms with Crippen molar-refractivity contribution in [1.29, 1.82) is 0 Å². The van der Waals surface area contributed by atoms with Gasteiger partial charge in [-0.15, -0.1) is 0 Å². The third kappa shape index (κ3) is 2.88. The third-order valence-corrected chi connectivity index (χ3v) is 5.96. The minimum Gasteiger partial charge on any atom is -0.497 e. The molecule has 0 heterocycles. The van der Waals surface area contributed by atoms with E-state index < -0.39 is 0 Å². The van der Waals surface area contributed by atoms with Crippen LogP contribution in [-0.2, 0) is 0 Å². The lowest BCUT2D eigenvalue weighted by Gasteiger charge is -2.24. The highest BCUT2D eigenvalue weighted by Gasteiger charge is 2.23. The van der Waals surface area contributed by atoms with E-state index in [1.807, 2.05) is 12.1 Å². The van der Waals surface area contributed by atoms with E-state index in [4.69, 9.17) is 9.47 Å². The standard InChI is InChI=1S/C28H24O2/c1-17-5-9-23-25(13-17)26-14-18(2)6-10-24(26)28-16-20(30-4)8-12-22(28)21-11-7-19(29-3)15-27(21)23/h5-16H,1-4H3. The number of ether oxygens (including phenoxy) is 2. The smallest absolute Gasteiger partial charge is 0.119 e. The monoisotopic (exact) mass is 392 g/mol. The minimum atomic E-state index is 0.861. The fourth-order valence-electron chi connectivity index (χ4n) is 4.45. The molecular formula is C28H24O2. The van der Waals surface area contributed by atoms with E-state index in [2.05, 4.69) is 74.5 Å². The Morgan fingerprint density at radius 3 is 1.13 bits per heavy atom. The number of benzene rings is 4. The van der Waals surface area contributed by atoms with E-state index in [0.29, 0.717) is 0 Å². The van der Waals surface area contributed by atoms with Crippen molar-refractivity contribution < 1.29 is 9.47 Å². The second-order valence-corrected chi connectivity index (χ2v) is 7.92. The van der Waals surface area contributed by atoms with Crippen molar-refractivity contribution in [3.63, 3.8) is 0 Å². The number of aryl methyl sites for hydroxylation is 2. The van der Waals surface area contributed by atoms with Gasteiger partial charge in [0.1, 0.15) is 11.5 Å². The van der Waals surface area contributed by atoms with Crippen molar-refractivity contribution in [3.05, 3.63) is 83.9 Å². The molecule has 0 atom stereocenters. The molecule has 0 saturated carbocycles. The van der Waals surface area contributed by atoms with E-state index in [0.717, 1.165) is 11.5 Å². The molecule has 0 aromatic heterocycles. The van der Waals surface area contributed by atoms with E-state index in [1.54, 1.807) is 14.2 Å². The molecular weight excluding hydrogens is 368 g/mol. The topological polar surface area (TPSA) is 18.5 Å². The maximum Gasteiger partial charge on any atom is 0.119 e. The SMILES string of the molecule is COc1ccc2c(c1)-c1ccc(C)cc1-c1cc(C)ccc1-c1cc(OC)ccc1-2. The molecule has 0 aliphatic heterocycles. The summed E-state index contributed by atoms with van der Waals surface area (Å²) in [6, 6.07) is 26.2. The first-order valence-electron chi connectivity index (χ1n) is 10.2. The van der Waals surface area contributed by atoms with Gasteiger partial charge in [0.25, 0.3) is 0 Å². The van der Waals surface area contributed by atoms with Gasteiger partial charge in [-0.3, -0.25) is 0 Å². The molecule has 148 valence electrons. The van der Waals surface area contributed by atoms with Crippen LogP contribution in [0.4, 0.5) is 0 Å². The molecule has 2 heteroatoms. The highest BCUT2D eigenvalue weighted by molar-refractivity contribution is 6.03. The predicted molar refractivity (Wildman–Crippen MR) is 124 cm³/mol. The first-order chi connectivity index (χ1) is 14.6. The average molecular weight is 392 g/mol. The number of hydrogen-bond donors (Lipinski definition) is 0. The van der Waals surface area contributed by atoms with Gasteiger partial charge in [-0.05, 0) is 82.6 Å². The molecule has 0 bridgehead atoms. The van der Waals surface area contributed by atoms with Gasteiger partial charge in [-0.1, -0.05) is 59.7 Å². The van der Waals surface area contributed by atoms with Crippen molar-refractivity contribution in [2.75, 3.05) is 14.2 Å². The summed E-state index contributed by atoms with van der Waals surface area (Å²) in [4.78, 5) is 0. The Balaban J connectivity index is 1.97. The Morgan fingerprint density at radius 1 is 0.400 bits per heavy atom. The van der Waals surface area contributed by atoms with Gasteiger partial charge in [-0.2, -0.15) is 0 Å². The highest BCUT2D eigenvalue weighted by Crippen LogP contribution is 2.49. The van der Waals surface area contributed by atoms with Gasteiger partial charge in [0, 0.05) is 0 Å². The lowest BCUT2D eigenvalue weighted by molar-refractivity contribution is 0.414. The zero-order chi connectivity index (χ0) is 20.8. The summed E-state index contributed by atoms with van der Waals surface area (Å²) < 4.78 is 11.2. The van der Waals surface area contributed by atoms with Gasteiger partial charge in [0.15, 0.2) is 0 Å². The van der Waals surface area contributed by atoms with Gasteiger partial charge in [-0.25, -0.2) is 0 Å². The molecule has 5 rings (SSSR count). The van der Waals surface area contributed by atoms with Crippen LogP contribution in [0.15, 0.2) is 72.8 Å². The summed E-state index contributed by atoms with van der Waals surface area (Å²) in [7, 11) is 3.44. The molecule has 30 heavy (non-hydrogen) atoms. The maximum atomic E-state index is 5.58. The summed E-state index contributed by atoms with van der Waals surface area (Å²) in [5, 5.41) is 0. The van der Waals surface area contributed by atoms with Crippen molar-refractivity contribution in [3.8, 4) is 56.0 Å². The van der Waals surface area contributed by atoms with Crippen LogP contribution < -0.4 is 9.47 Å². The van der Waals surface area contributed by atoms with Crippen LogP contribution in [0.1, 0.15) is 11.1 Å². The zero-order valence-corrected chi connectivity index (χ0v) is 17.7. The third-order valence-electron chi connectivity index (χ3n) is 5.96. The second-order valence-electron chi connectivity index (χ2n) is 7.92. The van der Waals surface area contributed by atoms with Crippen molar-refractivity contribution in [1.82, 2.24) is 0 Å². The molecule has 2 nitrogen and oxygen atoms in total. The number of fused-ring (bicyclic) bond motifs is 8. The molecule has 0 unspecified atom stereocenters. The Kier molecular flexibility index (Phi) is 4.36. The number of methoxy groups -OCH3 is 2. The second kappa shape index (κ2) is 7.07.